The third kappa shape index (κ3) is 1.70. The number of hydrogen-bond donors (Lipinski definition) is 1. The number of nitrogens with one attached hydrogen (secondary N) is 1. The molecule has 1 aliphatic heterocycles. The summed E-state index contributed by atoms with van der Waals surface area (Å²) in [6.07, 6.45) is 0. The minimum Gasteiger partial charge on any atom is -0.320 e. The Kier molecular flexibility index (Phi) is 2.60. The Labute approximate surface area is 111 Å². The van der Waals surface area contributed by atoms with Gasteiger partial charge in [-0.2, -0.15) is 0 Å². The van der Waals surface area contributed by atoms with Crippen molar-refractivity contribution in [1.29, 1.82) is 5.41 Å². The van der Waals surface area contributed by atoms with Gasteiger partial charge in [-0.15, -0.1) is 0 Å². The Hall–Kier alpha value is -1.80. The lowest BCUT2D eigenvalue weighted by Crippen LogP contribution is -2.23. The smallest absolute Gasteiger partial charge is 0.133 e. The summed E-state index contributed by atoms with van der Waals surface area (Å²) in [5, 5.41) is 8.94. The second-order valence-electron chi connectivity index (χ2n) is 4.55. The molecule has 0 saturated heterocycles. The zero-order chi connectivity index (χ0) is 12.7. The van der Waals surface area contributed by atoms with Crippen LogP contribution in [-0.2, 0) is 6.54 Å². The van der Waals surface area contributed by atoms with Crippen molar-refractivity contribution in [3.63, 3.8) is 0 Å². The highest BCUT2D eigenvalue weighted by molar-refractivity contribution is 6.34. The second-order valence-corrected chi connectivity index (χ2v) is 4.95. The number of aryl methyl sites for hydroxylation is 1. The van der Waals surface area contributed by atoms with E-state index in [1.165, 1.54) is 5.56 Å². The van der Waals surface area contributed by atoms with Crippen LogP contribution in [0.3, 0.4) is 0 Å². The first-order chi connectivity index (χ1) is 8.66. The zero-order valence-electron chi connectivity index (χ0n) is 10.1. The molecule has 0 radical (unpaired) electrons. The molecular formula is C15H13ClN2. The molecule has 0 aromatic heterocycles. The molecule has 0 atom stereocenters. The molecule has 2 nitrogen and oxygen atoms in total. The van der Waals surface area contributed by atoms with Crippen LogP contribution in [0.2, 0.25) is 5.02 Å². The first-order valence-electron chi connectivity index (χ1n) is 5.87. The fourth-order valence-electron chi connectivity index (χ4n) is 2.32. The quantitative estimate of drug-likeness (QED) is 0.821. The van der Waals surface area contributed by atoms with Gasteiger partial charge in [-0.05, 0) is 30.2 Å². The number of hydrogen-bond acceptors (Lipinski definition) is 1. The number of fused-ring (bicyclic) bond motifs is 1. The number of halogens is 1. The molecule has 3 rings (SSSR count). The van der Waals surface area contributed by atoms with Gasteiger partial charge in [0.15, 0.2) is 0 Å². The molecule has 0 bridgehead atoms. The zero-order valence-corrected chi connectivity index (χ0v) is 10.8. The number of nitrogens with zero attached hydrogens (tertiary/aromatic N) is 1. The van der Waals surface area contributed by atoms with Crippen LogP contribution in [0.5, 0.6) is 0 Å². The van der Waals surface area contributed by atoms with E-state index in [4.69, 9.17) is 17.0 Å². The number of rotatable bonds is 1. The van der Waals surface area contributed by atoms with Crippen molar-refractivity contribution in [2.24, 2.45) is 0 Å². The molecule has 0 amide bonds. The molecule has 1 aliphatic rings. The van der Waals surface area contributed by atoms with E-state index in [-0.39, 0.29) is 0 Å². The Bertz CT molecular complexity index is 634. The van der Waals surface area contributed by atoms with Gasteiger partial charge in [-0.3, -0.25) is 5.41 Å². The summed E-state index contributed by atoms with van der Waals surface area (Å²) in [5.74, 6) is 0.524. The lowest BCUT2D eigenvalue weighted by atomic mass is 10.1. The minimum atomic E-state index is 0.524. The normalized spacial score (nSPS) is 13.9. The van der Waals surface area contributed by atoms with E-state index in [1.54, 1.807) is 0 Å². The topological polar surface area (TPSA) is 27.1 Å². The molecule has 18 heavy (non-hydrogen) atoms. The van der Waals surface area contributed by atoms with Crippen molar-refractivity contribution in [3.05, 3.63) is 64.2 Å². The largest absolute Gasteiger partial charge is 0.320 e. The van der Waals surface area contributed by atoms with Gasteiger partial charge in [-0.1, -0.05) is 41.9 Å². The summed E-state index contributed by atoms with van der Waals surface area (Å²) in [6, 6.07) is 14.0. The van der Waals surface area contributed by atoms with E-state index in [0.29, 0.717) is 10.9 Å². The van der Waals surface area contributed by atoms with Gasteiger partial charge in [0.05, 0.1) is 17.3 Å². The highest BCUT2D eigenvalue weighted by Crippen LogP contribution is 2.33. The van der Waals surface area contributed by atoms with Crippen molar-refractivity contribution in [3.8, 4) is 0 Å². The Morgan fingerprint density at radius 1 is 1.17 bits per heavy atom. The van der Waals surface area contributed by atoms with E-state index in [1.807, 2.05) is 48.2 Å². The summed E-state index contributed by atoms with van der Waals surface area (Å²) < 4.78 is 0. The minimum absolute atomic E-state index is 0.524. The van der Waals surface area contributed by atoms with Gasteiger partial charge in [-0.25, -0.2) is 0 Å². The Balaban J connectivity index is 2.04. The third-order valence-electron chi connectivity index (χ3n) is 3.26. The highest BCUT2D eigenvalue weighted by atomic mass is 35.5. The monoisotopic (exact) mass is 256 g/mol. The molecule has 0 aliphatic carbocycles. The molecule has 2 aromatic carbocycles. The second kappa shape index (κ2) is 4.14. The summed E-state index contributed by atoms with van der Waals surface area (Å²) in [4.78, 5) is 1.95. The molecule has 90 valence electrons. The van der Waals surface area contributed by atoms with Crippen LogP contribution >= 0.6 is 11.6 Å². The van der Waals surface area contributed by atoms with E-state index in [2.05, 4.69) is 6.07 Å². The van der Waals surface area contributed by atoms with Crippen LogP contribution in [0.4, 0.5) is 5.69 Å². The maximum Gasteiger partial charge on any atom is 0.133 e. The van der Waals surface area contributed by atoms with Crippen LogP contribution in [0.25, 0.3) is 0 Å². The molecule has 2 aromatic rings. The maximum atomic E-state index is 8.24. The van der Waals surface area contributed by atoms with E-state index >= 15 is 0 Å². The van der Waals surface area contributed by atoms with Crippen LogP contribution in [-0.4, -0.2) is 5.84 Å². The van der Waals surface area contributed by atoms with Crippen LogP contribution in [0.1, 0.15) is 16.7 Å². The molecule has 0 unspecified atom stereocenters. The van der Waals surface area contributed by atoms with E-state index in [9.17, 15) is 0 Å². The maximum absolute atomic E-state index is 8.24. The van der Waals surface area contributed by atoms with Crippen LogP contribution in [0.15, 0.2) is 42.5 Å². The van der Waals surface area contributed by atoms with Gasteiger partial charge in [0, 0.05) is 5.56 Å². The SMILES string of the molecule is Cc1ccc(N2Cc3ccccc3C2=N)c(Cl)c1. The molecule has 1 heterocycles. The number of amidine groups is 1. The standard InChI is InChI=1S/C15H13ClN2/c1-10-6-7-14(13(16)8-10)18-9-11-4-2-3-5-12(11)15(18)17/h2-8,17H,9H2,1H3. The van der Waals surface area contributed by atoms with Crippen molar-refractivity contribution >= 4 is 23.1 Å². The summed E-state index contributed by atoms with van der Waals surface area (Å²) in [7, 11) is 0. The van der Waals surface area contributed by atoms with Crippen molar-refractivity contribution < 1.29 is 0 Å². The lowest BCUT2D eigenvalue weighted by Gasteiger charge is -2.19. The van der Waals surface area contributed by atoms with Crippen molar-refractivity contribution in [1.82, 2.24) is 0 Å². The molecule has 0 saturated carbocycles. The lowest BCUT2D eigenvalue weighted by molar-refractivity contribution is 1.05. The van der Waals surface area contributed by atoms with E-state index < -0.39 is 0 Å². The fraction of sp³-hybridized carbons (Fsp3) is 0.133. The first-order valence-corrected chi connectivity index (χ1v) is 6.25. The molecule has 0 fully saturated rings. The molecule has 0 spiro atoms. The van der Waals surface area contributed by atoms with Crippen molar-refractivity contribution in [2.75, 3.05) is 4.90 Å². The van der Waals surface area contributed by atoms with Gasteiger partial charge in [0.25, 0.3) is 0 Å². The molecule has 3 heteroatoms. The Morgan fingerprint density at radius 3 is 2.67 bits per heavy atom. The highest BCUT2D eigenvalue weighted by Gasteiger charge is 2.25. The average molecular weight is 257 g/mol. The van der Waals surface area contributed by atoms with E-state index in [0.717, 1.165) is 23.4 Å². The molecular weight excluding hydrogens is 244 g/mol. The van der Waals surface area contributed by atoms with Crippen LogP contribution in [0, 0.1) is 12.3 Å². The summed E-state index contributed by atoms with van der Waals surface area (Å²) in [6.45, 7) is 2.73. The number of benzene rings is 2. The van der Waals surface area contributed by atoms with Crippen LogP contribution < -0.4 is 4.90 Å². The number of anilines is 1. The van der Waals surface area contributed by atoms with Gasteiger partial charge >= 0.3 is 0 Å². The molecule has 1 N–H and O–H groups in total. The van der Waals surface area contributed by atoms with Crippen molar-refractivity contribution in [2.45, 2.75) is 13.5 Å². The predicted molar refractivity (Wildman–Crippen MR) is 75.6 cm³/mol. The van der Waals surface area contributed by atoms with Gasteiger partial charge in [0.2, 0.25) is 0 Å². The third-order valence-corrected chi connectivity index (χ3v) is 3.57. The summed E-state index contributed by atoms with van der Waals surface area (Å²) in [5.41, 5.74) is 4.21. The fourth-order valence-corrected chi connectivity index (χ4v) is 2.66. The summed E-state index contributed by atoms with van der Waals surface area (Å²) >= 11 is 6.28. The first kappa shape index (κ1) is 11.3. The predicted octanol–water partition coefficient (Wildman–Crippen LogP) is 3.99. The van der Waals surface area contributed by atoms with Gasteiger partial charge in [0.1, 0.15) is 5.84 Å². The Morgan fingerprint density at radius 2 is 1.94 bits per heavy atom. The average Bonchev–Trinajstić information content (AvgIpc) is 2.68. The van der Waals surface area contributed by atoms with Gasteiger partial charge < -0.3 is 4.90 Å².